The molecule has 0 saturated carbocycles. The average Bonchev–Trinajstić information content (AvgIpc) is 3.02. The molecule has 3 rings (SSSR count). The Kier molecular flexibility index (Phi) is 4.22. The molecule has 2 saturated heterocycles. The molecule has 2 N–H and O–H groups in total. The standard InChI is InChI=1S/C16H22N2O4/c1-2-3-9-18-15(20)21-11-16(18)14(19)13(10-22-16)17-12-7-5-4-6-8-12/h4-8,13-14,17,19H,2-3,9-11H2,1H3/t13-,14+,16+/m0/s1. The van der Waals surface area contributed by atoms with E-state index in [1.807, 2.05) is 30.3 Å². The average molecular weight is 306 g/mol. The van der Waals surface area contributed by atoms with Gasteiger partial charge in [-0.25, -0.2) is 4.79 Å². The first-order valence-electron chi connectivity index (χ1n) is 7.75. The number of ether oxygens (including phenoxy) is 2. The fraction of sp³-hybridized carbons (Fsp3) is 0.562. The van der Waals surface area contributed by atoms with Crippen LogP contribution in [0.25, 0.3) is 0 Å². The molecule has 22 heavy (non-hydrogen) atoms. The van der Waals surface area contributed by atoms with E-state index in [2.05, 4.69) is 12.2 Å². The summed E-state index contributed by atoms with van der Waals surface area (Å²) in [5, 5.41) is 14.0. The topological polar surface area (TPSA) is 71.0 Å². The molecule has 1 spiro atoms. The lowest BCUT2D eigenvalue weighted by molar-refractivity contribution is -0.132. The highest BCUT2D eigenvalue weighted by molar-refractivity contribution is 5.71. The molecular formula is C16H22N2O4. The molecule has 1 aromatic rings. The zero-order valence-corrected chi connectivity index (χ0v) is 12.7. The van der Waals surface area contributed by atoms with Gasteiger partial charge in [-0.05, 0) is 18.6 Å². The first-order valence-corrected chi connectivity index (χ1v) is 7.75. The van der Waals surface area contributed by atoms with Gasteiger partial charge in [-0.15, -0.1) is 0 Å². The van der Waals surface area contributed by atoms with Crippen LogP contribution < -0.4 is 5.32 Å². The van der Waals surface area contributed by atoms with Crippen molar-refractivity contribution in [2.45, 2.75) is 37.6 Å². The molecule has 0 aromatic heterocycles. The molecule has 1 aromatic carbocycles. The van der Waals surface area contributed by atoms with Crippen LogP contribution in [-0.4, -0.2) is 53.7 Å². The van der Waals surface area contributed by atoms with Gasteiger partial charge in [0.05, 0.1) is 12.6 Å². The summed E-state index contributed by atoms with van der Waals surface area (Å²) in [6.07, 6.45) is 0.564. The van der Waals surface area contributed by atoms with Gasteiger partial charge in [0.25, 0.3) is 0 Å². The molecule has 2 aliphatic rings. The second kappa shape index (κ2) is 6.14. The summed E-state index contributed by atoms with van der Waals surface area (Å²) in [4.78, 5) is 13.5. The van der Waals surface area contributed by atoms with Crippen molar-refractivity contribution in [2.24, 2.45) is 0 Å². The molecular weight excluding hydrogens is 284 g/mol. The normalized spacial score (nSPS) is 30.8. The Balaban J connectivity index is 1.74. The Hall–Kier alpha value is -1.79. The largest absolute Gasteiger partial charge is 0.444 e. The zero-order valence-electron chi connectivity index (χ0n) is 12.7. The van der Waals surface area contributed by atoms with E-state index >= 15 is 0 Å². The van der Waals surface area contributed by atoms with Gasteiger partial charge in [-0.2, -0.15) is 0 Å². The number of para-hydroxylation sites is 1. The number of benzene rings is 1. The first kappa shape index (κ1) is 15.1. The quantitative estimate of drug-likeness (QED) is 0.868. The Labute approximate surface area is 130 Å². The summed E-state index contributed by atoms with van der Waals surface area (Å²) >= 11 is 0. The number of aliphatic hydroxyl groups is 1. The van der Waals surface area contributed by atoms with Crippen LogP contribution in [0.5, 0.6) is 0 Å². The molecule has 2 aliphatic heterocycles. The number of hydrogen-bond donors (Lipinski definition) is 2. The van der Waals surface area contributed by atoms with Crippen molar-refractivity contribution in [1.29, 1.82) is 0 Å². The third-order valence-electron chi connectivity index (χ3n) is 4.30. The number of amides is 1. The van der Waals surface area contributed by atoms with Crippen molar-refractivity contribution in [2.75, 3.05) is 25.1 Å². The van der Waals surface area contributed by atoms with Gasteiger partial charge in [0.1, 0.15) is 12.7 Å². The summed E-state index contributed by atoms with van der Waals surface area (Å²) in [6.45, 7) is 2.99. The van der Waals surface area contributed by atoms with E-state index in [0.717, 1.165) is 18.5 Å². The number of hydrogen-bond acceptors (Lipinski definition) is 5. The van der Waals surface area contributed by atoms with E-state index in [0.29, 0.717) is 13.2 Å². The molecule has 0 bridgehead atoms. The number of carbonyl (C=O) groups excluding carboxylic acids is 1. The lowest BCUT2D eigenvalue weighted by Crippen LogP contribution is -2.56. The van der Waals surface area contributed by atoms with E-state index in [1.165, 1.54) is 4.90 Å². The molecule has 120 valence electrons. The van der Waals surface area contributed by atoms with Crippen molar-refractivity contribution >= 4 is 11.8 Å². The number of unbranched alkanes of at least 4 members (excludes halogenated alkanes) is 1. The van der Waals surface area contributed by atoms with Gasteiger partial charge in [0.2, 0.25) is 5.72 Å². The van der Waals surface area contributed by atoms with E-state index in [4.69, 9.17) is 9.47 Å². The number of anilines is 1. The Morgan fingerprint density at radius 3 is 2.91 bits per heavy atom. The highest BCUT2D eigenvalue weighted by Crippen LogP contribution is 2.36. The van der Waals surface area contributed by atoms with Gasteiger partial charge < -0.3 is 19.9 Å². The maximum atomic E-state index is 11.9. The lowest BCUT2D eigenvalue weighted by Gasteiger charge is -2.34. The molecule has 0 aliphatic carbocycles. The zero-order chi connectivity index (χ0) is 15.6. The number of rotatable bonds is 5. The molecule has 0 unspecified atom stereocenters. The van der Waals surface area contributed by atoms with Crippen LogP contribution in [0.15, 0.2) is 30.3 Å². The smallest absolute Gasteiger partial charge is 0.412 e. The van der Waals surface area contributed by atoms with Crippen LogP contribution in [0, 0.1) is 0 Å². The molecule has 0 radical (unpaired) electrons. The lowest BCUT2D eigenvalue weighted by atomic mass is 10.0. The Bertz CT molecular complexity index is 524. The number of cyclic esters (lactones) is 1. The fourth-order valence-corrected chi connectivity index (χ4v) is 3.03. The first-order chi connectivity index (χ1) is 10.7. The minimum Gasteiger partial charge on any atom is -0.444 e. The number of nitrogens with zero attached hydrogens (tertiary/aromatic N) is 1. The summed E-state index contributed by atoms with van der Waals surface area (Å²) in [7, 11) is 0. The minimum atomic E-state index is -1.06. The predicted molar refractivity (Wildman–Crippen MR) is 81.5 cm³/mol. The highest BCUT2D eigenvalue weighted by atomic mass is 16.6. The van der Waals surface area contributed by atoms with Crippen molar-refractivity contribution in [3.05, 3.63) is 30.3 Å². The predicted octanol–water partition coefficient (Wildman–Crippen LogP) is 1.81. The molecule has 3 atom stereocenters. The monoisotopic (exact) mass is 306 g/mol. The summed E-state index contributed by atoms with van der Waals surface area (Å²) in [6, 6.07) is 9.38. The van der Waals surface area contributed by atoms with Crippen LogP contribution in [0.2, 0.25) is 0 Å². The minimum absolute atomic E-state index is 0.0731. The van der Waals surface area contributed by atoms with E-state index in [-0.39, 0.29) is 12.6 Å². The second-order valence-electron chi connectivity index (χ2n) is 5.78. The van der Waals surface area contributed by atoms with Crippen molar-refractivity contribution in [1.82, 2.24) is 4.90 Å². The Morgan fingerprint density at radius 1 is 1.41 bits per heavy atom. The summed E-state index contributed by atoms with van der Waals surface area (Å²) in [5.74, 6) is 0. The van der Waals surface area contributed by atoms with Crippen molar-refractivity contribution < 1.29 is 19.4 Å². The molecule has 2 fully saturated rings. The summed E-state index contributed by atoms with van der Waals surface area (Å²) < 4.78 is 11.0. The van der Waals surface area contributed by atoms with Gasteiger partial charge in [0.15, 0.2) is 0 Å². The van der Waals surface area contributed by atoms with E-state index < -0.39 is 17.9 Å². The maximum Gasteiger partial charge on any atom is 0.412 e. The van der Waals surface area contributed by atoms with Gasteiger partial charge >= 0.3 is 6.09 Å². The second-order valence-corrected chi connectivity index (χ2v) is 5.78. The van der Waals surface area contributed by atoms with Gasteiger partial charge in [0, 0.05) is 12.2 Å². The van der Waals surface area contributed by atoms with Crippen LogP contribution in [0.1, 0.15) is 19.8 Å². The SMILES string of the molecule is CCCCN1C(=O)OC[C@]12OC[C@H](Nc1ccccc1)[C@H]2O. The van der Waals surface area contributed by atoms with Gasteiger partial charge in [-0.1, -0.05) is 31.5 Å². The van der Waals surface area contributed by atoms with Crippen LogP contribution in [-0.2, 0) is 9.47 Å². The summed E-state index contributed by atoms with van der Waals surface area (Å²) in [5.41, 5.74) is -0.142. The molecule has 6 nitrogen and oxygen atoms in total. The van der Waals surface area contributed by atoms with Crippen LogP contribution in [0.4, 0.5) is 10.5 Å². The van der Waals surface area contributed by atoms with E-state index in [1.54, 1.807) is 0 Å². The van der Waals surface area contributed by atoms with Crippen LogP contribution in [0.3, 0.4) is 0 Å². The fourth-order valence-electron chi connectivity index (χ4n) is 3.03. The number of nitrogens with one attached hydrogen (secondary N) is 1. The Morgan fingerprint density at radius 2 is 2.18 bits per heavy atom. The maximum absolute atomic E-state index is 11.9. The number of carbonyl (C=O) groups is 1. The molecule has 2 heterocycles. The third-order valence-corrected chi connectivity index (χ3v) is 4.30. The van der Waals surface area contributed by atoms with Crippen molar-refractivity contribution in [3.8, 4) is 0 Å². The number of aliphatic hydroxyl groups excluding tert-OH is 1. The van der Waals surface area contributed by atoms with Crippen LogP contribution >= 0.6 is 0 Å². The third kappa shape index (κ3) is 2.53. The van der Waals surface area contributed by atoms with Gasteiger partial charge in [-0.3, -0.25) is 4.90 Å². The van der Waals surface area contributed by atoms with Crippen molar-refractivity contribution in [3.63, 3.8) is 0 Å². The highest BCUT2D eigenvalue weighted by Gasteiger charge is 2.59. The molecule has 1 amide bonds. The van der Waals surface area contributed by atoms with E-state index in [9.17, 15) is 9.90 Å². The molecule has 6 heteroatoms.